The summed E-state index contributed by atoms with van der Waals surface area (Å²) in [4.78, 5) is 15.8. The summed E-state index contributed by atoms with van der Waals surface area (Å²) in [6, 6.07) is 22.8. The molecule has 3 atom stereocenters. The molecule has 6 heteroatoms. The first-order valence-corrected chi connectivity index (χ1v) is 13.3. The molecule has 0 unspecified atom stereocenters. The lowest BCUT2D eigenvalue weighted by Gasteiger charge is -2.50. The lowest BCUT2D eigenvalue weighted by Crippen LogP contribution is -2.60. The lowest BCUT2D eigenvalue weighted by atomic mass is 9.80. The van der Waals surface area contributed by atoms with Crippen LogP contribution in [0, 0.1) is 5.92 Å². The third-order valence-electron chi connectivity index (χ3n) is 7.53. The van der Waals surface area contributed by atoms with Gasteiger partial charge < -0.3 is 9.64 Å². The van der Waals surface area contributed by atoms with Crippen molar-refractivity contribution in [1.29, 1.82) is 0 Å². The van der Waals surface area contributed by atoms with Gasteiger partial charge in [-0.15, -0.1) is 0 Å². The molecule has 3 nitrogen and oxygen atoms in total. The molecule has 1 aliphatic heterocycles. The van der Waals surface area contributed by atoms with Gasteiger partial charge in [-0.2, -0.15) is 13.2 Å². The van der Waals surface area contributed by atoms with Crippen LogP contribution in [0.4, 0.5) is 13.2 Å². The summed E-state index contributed by atoms with van der Waals surface area (Å²) in [5.41, 5.74) is 1.38. The second kappa shape index (κ2) is 11.2. The molecule has 1 amide bonds. The Balaban J connectivity index is 1.66. The molecule has 1 saturated heterocycles. The molecule has 0 aromatic heterocycles. The number of hydrogen-bond acceptors (Lipinski definition) is 2. The van der Waals surface area contributed by atoms with E-state index >= 15 is 0 Å². The maximum Gasteiger partial charge on any atom is 0.416 e. The summed E-state index contributed by atoms with van der Waals surface area (Å²) in [5, 5.41) is 0. The molecule has 38 heavy (non-hydrogen) atoms. The Bertz CT molecular complexity index is 1210. The highest BCUT2D eigenvalue weighted by atomic mass is 19.4. The first-order chi connectivity index (χ1) is 18.0. The number of halogens is 3. The molecule has 3 aromatic carbocycles. The average Bonchev–Trinajstić information content (AvgIpc) is 2.88. The van der Waals surface area contributed by atoms with Crippen molar-refractivity contribution in [2.45, 2.75) is 70.7 Å². The van der Waals surface area contributed by atoms with Crippen LogP contribution >= 0.6 is 0 Å². The monoisotopic (exact) mass is 523 g/mol. The number of rotatable bonds is 7. The van der Waals surface area contributed by atoms with E-state index in [-0.39, 0.29) is 11.8 Å². The number of piperidine rings is 1. The highest BCUT2D eigenvalue weighted by molar-refractivity contribution is 5.84. The average molecular weight is 524 g/mol. The van der Waals surface area contributed by atoms with Gasteiger partial charge in [0.05, 0.1) is 11.5 Å². The van der Waals surface area contributed by atoms with Crippen LogP contribution in [0.5, 0.6) is 5.75 Å². The Hall–Kier alpha value is -3.28. The van der Waals surface area contributed by atoms with Crippen molar-refractivity contribution < 1.29 is 22.7 Å². The molecule has 0 N–H and O–H groups in total. The molecule has 1 aliphatic rings. The Labute approximate surface area is 223 Å². The maximum absolute atomic E-state index is 14.0. The summed E-state index contributed by atoms with van der Waals surface area (Å²) in [7, 11) is 0. The zero-order valence-corrected chi connectivity index (χ0v) is 22.5. The molecular weight excluding hydrogens is 487 g/mol. The van der Waals surface area contributed by atoms with Gasteiger partial charge in [0.15, 0.2) is 5.72 Å². The van der Waals surface area contributed by atoms with Gasteiger partial charge in [-0.1, -0.05) is 68.4 Å². The fourth-order valence-electron chi connectivity index (χ4n) is 5.49. The highest BCUT2D eigenvalue weighted by Crippen LogP contribution is 2.44. The van der Waals surface area contributed by atoms with Crippen LogP contribution in [0.1, 0.15) is 74.6 Å². The summed E-state index contributed by atoms with van der Waals surface area (Å²) >= 11 is 0. The van der Waals surface area contributed by atoms with Crippen molar-refractivity contribution in [3.8, 4) is 5.75 Å². The van der Waals surface area contributed by atoms with Crippen LogP contribution in [0.2, 0.25) is 0 Å². The Kier molecular flexibility index (Phi) is 8.19. The Morgan fingerprint density at radius 1 is 0.974 bits per heavy atom. The number of benzene rings is 3. The van der Waals surface area contributed by atoms with Gasteiger partial charge >= 0.3 is 6.18 Å². The number of alkyl halides is 3. The smallest absolute Gasteiger partial charge is 0.416 e. The van der Waals surface area contributed by atoms with E-state index in [4.69, 9.17) is 4.74 Å². The molecular formula is C32H36F3NO2. The molecule has 3 aromatic rings. The second-order valence-electron chi connectivity index (χ2n) is 10.8. The van der Waals surface area contributed by atoms with Gasteiger partial charge in [0.2, 0.25) is 5.91 Å². The van der Waals surface area contributed by atoms with E-state index in [1.165, 1.54) is 17.7 Å². The lowest BCUT2D eigenvalue weighted by molar-refractivity contribution is -0.163. The third kappa shape index (κ3) is 6.06. The van der Waals surface area contributed by atoms with Gasteiger partial charge in [0.25, 0.3) is 0 Å². The van der Waals surface area contributed by atoms with E-state index < -0.39 is 23.4 Å². The second-order valence-corrected chi connectivity index (χ2v) is 10.8. The number of hydrogen-bond donors (Lipinski definition) is 0. The summed E-state index contributed by atoms with van der Waals surface area (Å²) in [5.74, 6) is 0.243. The van der Waals surface area contributed by atoms with Crippen molar-refractivity contribution in [1.82, 2.24) is 4.90 Å². The number of likely N-dealkylation sites (tertiary alicyclic amines) is 1. The molecule has 1 fully saturated rings. The van der Waals surface area contributed by atoms with E-state index in [0.29, 0.717) is 18.2 Å². The quantitative estimate of drug-likeness (QED) is 0.312. The number of carbonyl (C=O) groups excluding carboxylic acids is 1. The highest BCUT2D eigenvalue weighted by Gasteiger charge is 2.48. The Morgan fingerprint density at radius 3 is 2.18 bits per heavy atom. The fraction of sp³-hybridized carbons (Fsp3) is 0.406. The largest absolute Gasteiger partial charge is 0.468 e. The molecule has 0 aliphatic carbocycles. The molecule has 0 saturated carbocycles. The fourth-order valence-corrected chi connectivity index (χ4v) is 5.49. The van der Waals surface area contributed by atoms with Crippen LogP contribution in [0.15, 0.2) is 78.9 Å². The van der Waals surface area contributed by atoms with Gasteiger partial charge in [0.1, 0.15) is 5.75 Å². The van der Waals surface area contributed by atoms with Crippen LogP contribution in [-0.2, 0) is 17.4 Å². The third-order valence-corrected chi connectivity index (χ3v) is 7.53. The van der Waals surface area contributed by atoms with Gasteiger partial charge in [-0.25, -0.2) is 0 Å². The van der Waals surface area contributed by atoms with Crippen molar-refractivity contribution in [3.63, 3.8) is 0 Å². The number of nitrogens with zero attached hydrogens (tertiary/aromatic N) is 1. The van der Waals surface area contributed by atoms with Crippen molar-refractivity contribution in [3.05, 3.63) is 101 Å². The number of ether oxygens (including phenoxy) is 1. The van der Waals surface area contributed by atoms with Crippen LogP contribution < -0.4 is 4.74 Å². The number of carbonyl (C=O) groups is 1. The van der Waals surface area contributed by atoms with Gasteiger partial charge in [0, 0.05) is 12.5 Å². The predicted molar refractivity (Wildman–Crippen MR) is 144 cm³/mol. The van der Waals surface area contributed by atoms with Crippen molar-refractivity contribution >= 4 is 5.91 Å². The first kappa shape index (κ1) is 27.7. The Morgan fingerprint density at radius 2 is 1.61 bits per heavy atom. The minimum atomic E-state index is -4.43. The van der Waals surface area contributed by atoms with Crippen molar-refractivity contribution in [2.24, 2.45) is 5.92 Å². The van der Waals surface area contributed by atoms with E-state index in [1.54, 1.807) is 4.90 Å². The normalized spacial score (nSPS) is 20.8. The molecule has 1 heterocycles. The minimum Gasteiger partial charge on any atom is -0.468 e. The molecule has 202 valence electrons. The maximum atomic E-state index is 14.0. The molecule has 4 rings (SSSR count). The van der Waals surface area contributed by atoms with Crippen LogP contribution in [-0.4, -0.2) is 23.1 Å². The topological polar surface area (TPSA) is 29.5 Å². The van der Waals surface area contributed by atoms with E-state index in [1.807, 2.05) is 56.3 Å². The van der Waals surface area contributed by atoms with E-state index in [0.717, 1.165) is 42.5 Å². The minimum absolute atomic E-state index is 0.0587. The molecule has 0 bridgehead atoms. The van der Waals surface area contributed by atoms with Gasteiger partial charge in [-0.3, -0.25) is 4.79 Å². The SMILES string of the molecule is CC(C)Cc1ccc([C@H](C)C(=O)N2CCC[C@@H](c3ccccc3)[C@]2(C)Oc2ccc(C(F)(F)F)cc2)cc1. The first-order valence-electron chi connectivity index (χ1n) is 13.3. The van der Waals surface area contributed by atoms with E-state index in [2.05, 4.69) is 26.0 Å². The summed E-state index contributed by atoms with van der Waals surface area (Å²) < 4.78 is 45.9. The standard InChI is InChI=1S/C32H36F3NO2/c1-22(2)21-24-12-14-25(15-13-24)23(3)30(37)36-20-8-11-29(26-9-6-5-7-10-26)31(36,4)38-28-18-16-27(17-19-28)32(33,34)35/h5-7,9-10,12-19,22-23,29H,8,11,20-21H2,1-4H3/t23-,29-,31-/m0/s1. The zero-order valence-electron chi connectivity index (χ0n) is 22.5. The molecule has 0 radical (unpaired) electrons. The summed E-state index contributed by atoms with van der Waals surface area (Å²) in [6.45, 7) is 8.66. The van der Waals surface area contributed by atoms with Crippen LogP contribution in [0.3, 0.4) is 0 Å². The number of amides is 1. The predicted octanol–water partition coefficient (Wildman–Crippen LogP) is 8.21. The summed E-state index contributed by atoms with van der Waals surface area (Å²) in [6.07, 6.45) is -1.85. The van der Waals surface area contributed by atoms with Crippen molar-refractivity contribution in [2.75, 3.05) is 6.54 Å². The molecule has 0 spiro atoms. The van der Waals surface area contributed by atoms with Gasteiger partial charge in [-0.05, 0) is 80.0 Å². The van der Waals surface area contributed by atoms with E-state index in [9.17, 15) is 18.0 Å². The van der Waals surface area contributed by atoms with Crippen LogP contribution in [0.25, 0.3) is 0 Å². The zero-order chi connectivity index (χ0) is 27.5.